The van der Waals surface area contributed by atoms with Gasteiger partial charge in [-0.25, -0.2) is 0 Å². The second-order valence-corrected chi connectivity index (χ2v) is 6.82. The molecule has 1 saturated heterocycles. The fourth-order valence-electron chi connectivity index (χ4n) is 2.27. The second-order valence-electron chi connectivity index (χ2n) is 4.63. The SMILES string of the molecule is CCOP(=O)(CCN(C)C1CCNCC1)OCC. The van der Waals surface area contributed by atoms with E-state index in [1.54, 1.807) is 0 Å². The van der Waals surface area contributed by atoms with E-state index < -0.39 is 7.60 Å². The molecule has 1 fully saturated rings. The third-order valence-corrected chi connectivity index (χ3v) is 5.36. The third kappa shape index (κ3) is 5.37. The molecule has 1 rings (SSSR count). The van der Waals surface area contributed by atoms with Crippen LogP contribution < -0.4 is 5.32 Å². The van der Waals surface area contributed by atoms with Gasteiger partial charge in [0.05, 0.1) is 19.4 Å². The van der Waals surface area contributed by atoms with Gasteiger partial charge >= 0.3 is 7.60 Å². The van der Waals surface area contributed by atoms with Crippen LogP contribution in [-0.4, -0.2) is 57.0 Å². The quantitative estimate of drug-likeness (QED) is 0.688. The van der Waals surface area contributed by atoms with Gasteiger partial charge in [0.2, 0.25) is 0 Å². The summed E-state index contributed by atoms with van der Waals surface area (Å²) in [6.45, 7) is 7.49. The van der Waals surface area contributed by atoms with Gasteiger partial charge in [-0.05, 0) is 46.8 Å². The first-order valence-corrected chi connectivity index (χ1v) is 8.63. The first kappa shape index (κ1) is 16.1. The van der Waals surface area contributed by atoms with Crippen molar-refractivity contribution in [2.24, 2.45) is 0 Å². The lowest BCUT2D eigenvalue weighted by Crippen LogP contribution is -2.42. The summed E-state index contributed by atoms with van der Waals surface area (Å²) in [6, 6.07) is 0.586. The lowest BCUT2D eigenvalue weighted by molar-refractivity contribution is 0.191. The molecule has 0 spiro atoms. The Balaban J connectivity index is 2.38. The zero-order chi connectivity index (χ0) is 13.4. The van der Waals surface area contributed by atoms with Crippen LogP contribution in [-0.2, 0) is 13.6 Å². The fraction of sp³-hybridized carbons (Fsp3) is 1.00. The molecule has 6 heteroatoms. The molecular weight excluding hydrogens is 251 g/mol. The Bertz CT molecular complexity index is 260. The van der Waals surface area contributed by atoms with Crippen molar-refractivity contribution in [3.8, 4) is 0 Å². The third-order valence-electron chi connectivity index (χ3n) is 3.31. The van der Waals surface area contributed by atoms with Gasteiger partial charge in [0, 0.05) is 12.6 Å². The number of nitrogens with one attached hydrogen (secondary N) is 1. The maximum Gasteiger partial charge on any atom is 0.331 e. The summed E-state index contributed by atoms with van der Waals surface area (Å²) in [5.41, 5.74) is 0. The molecule has 1 aliphatic rings. The van der Waals surface area contributed by atoms with Gasteiger partial charge in [-0.15, -0.1) is 0 Å². The lowest BCUT2D eigenvalue weighted by atomic mass is 10.1. The average Bonchev–Trinajstić information content (AvgIpc) is 2.38. The van der Waals surface area contributed by atoms with Crippen molar-refractivity contribution in [3.05, 3.63) is 0 Å². The first-order valence-electron chi connectivity index (χ1n) is 6.90. The molecule has 5 nitrogen and oxygen atoms in total. The lowest BCUT2D eigenvalue weighted by Gasteiger charge is -2.32. The van der Waals surface area contributed by atoms with Crippen LogP contribution in [0.25, 0.3) is 0 Å². The number of nitrogens with zero attached hydrogens (tertiary/aromatic N) is 1. The molecule has 0 aromatic carbocycles. The van der Waals surface area contributed by atoms with E-state index >= 15 is 0 Å². The van der Waals surface area contributed by atoms with E-state index in [0.717, 1.165) is 32.5 Å². The maximum atomic E-state index is 12.3. The van der Waals surface area contributed by atoms with Crippen LogP contribution in [0.3, 0.4) is 0 Å². The zero-order valence-electron chi connectivity index (χ0n) is 11.9. The molecule has 0 bridgehead atoms. The Morgan fingerprint density at radius 3 is 2.28 bits per heavy atom. The highest BCUT2D eigenvalue weighted by Gasteiger charge is 2.26. The number of hydrogen-bond donors (Lipinski definition) is 1. The molecule has 108 valence electrons. The Morgan fingerprint density at radius 1 is 1.22 bits per heavy atom. The van der Waals surface area contributed by atoms with Gasteiger partial charge in [-0.1, -0.05) is 0 Å². The molecule has 0 aromatic heterocycles. The van der Waals surface area contributed by atoms with Crippen LogP contribution in [0, 0.1) is 0 Å². The van der Waals surface area contributed by atoms with Crippen molar-refractivity contribution in [1.29, 1.82) is 0 Å². The molecule has 1 heterocycles. The topological polar surface area (TPSA) is 50.8 Å². The largest absolute Gasteiger partial charge is 0.331 e. The van der Waals surface area contributed by atoms with E-state index in [2.05, 4.69) is 17.3 Å². The molecule has 18 heavy (non-hydrogen) atoms. The minimum absolute atomic E-state index is 0.439. The van der Waals surface area contributed by atoms with Crippen molar-refractivity contribution in [2.45, 2.75) is 32.7 Å². The molecule has 0 atom stereocenters. The Labute approximate surface area is 111 Å². The molecule has 0 aliphatic carbocycles. The zero-order valence-corrected chi connectivity index (χ0v) is 12.7. The van der Waals surface area contributed by atoms with Crippen molar-refractivity contribution in [3.63, 3.8) is 0 Å². The minimum atomic E-state index is -2.88. The van der Waals surface area contributed by atoms with Crippen molar-refractivity contribution in [2.75, 3.05) is 46.1 Å². The van der Waals surface area contributed by atoms with Crippen molar-refractivity contribution >= 4 is 7.60 Å². The van der Waals surface area contributed by atoms with E-state index in [1.807, 2.05) is 13.8 Å². The highest BCUT2D eigenvalue weighted by Crippen LogP contribution is 2.47. The molecule has 0 aromatic rings. The van der Waals surface area contributed by atoms with E-state index in [0.29, 0.717) is 25.4 Å². The molecule has 0 saturated carbocycles. The van der Waals surface area contributed by atoms with Gasteiger partial charge < -0.3 is 19.3 Å². The molecule has 0 unspecified atom stereocenters. The van der Waals surface area contributed by atoms with Crippen LogP contribution >= 0.6 is 7.60 Å². The fourth-order valence-corrected chi connectivity index (χ4v) is 3.95. The highest BCUT2D eigenvalue weighted by molar-refractivity contribution is 7.53. The number of piperidine rings is 1. The van der Waals surface area contributed by atoms with Crippen LogP contribution in [0.4, 0.5) is 0 Å². The summed E-state index contributed by atoms with van der Waals surface area (Å²) in [6.07, 6.45) is 2.79. The molecule has 1 N–H and O–H groups in total. The Kier molecular flexibility index (Phi) is 7.42. The summed E-state index contributed by atoms with van der Waals surface area (Å²) < 4.78 is 22.9. The van der Waals surface area contributed by atoms with E-state index in [4.69, 9.17) is 9.05 Å². The summed E-state index contributed by atoms with van der Waals surface area (Å²) in [7, 11) is -0.786. The summed E-state index contributed by atoms with van der Waals surface area (Å²) in [4.78, 5) is 2.28. The van der Waals surface area contributed by atoms with E-state index in [9.17, 15) is 4.57 Å². The van der Waals surface area contributed by atoms with Crippen molar-refractivity contribution < 1.29 is 13.6 Å². The normalized spacial score (nSPS) is 18.4. The highest BCUT2D eigenvalue weighted by atomic mass is 31.2. The van der Waals surface area contributed by atoms with Crippen LogP contribution in [0.15, 0.2) is 0 Å². The Hall–Kier alpha value is 0.0700. The standard InChI is InChI=1S/C12H27N2O3P/c1-4-16-18(15,17-5-2)11-10-14(3)12-6-8-13-9-7-12/h12-13H,4-11H2,1-3H3. The number of rotatable bonds is 8. The summed E-state index contributed by atoms with van der Waals surface area (Å²) >= 11 is 0. The van der Waals surface area contributed by atoms with Gasteiger partial charge in [0.1, 0.15) is 0 Å². The van der Waals surface area contributed by atoms with Crippen molar-refractivity contribution in [1.82, 2.24) is 10.2 Å². The predicted octanol–water partition coefficient (Wildman–Crippen LogP) is 1.94. The first-order chi connectivity index (χ1) is 8.61. The number of hydrogen-bond acceptors (Lipinski definition) is 5. The summed E-state index contributed by atoms with van der Waals surface area (Å²) in [5.74, 6) is 0. The summed E-state index contributed by atoms with van der Waals surface area (Å²) in [5, 5.41) is 3.35. The predicted molar refractivity (Wildman–Crippen MR) is 74.2 cm³/mol. The second kappa shape index (κ2) is 8.28. The van der Waals surface area contributed by atoms with E-state index in [1.165, 1.54) is 0 Å². The van der Waals surface area contributed by atoms with E-state index in [-0.39, 0.29) is 0 Å². The molecule has 0 amide bonds. The van der Waals surface area contributed by atoms with Crippen LogP contribution in [0.5, 0.6) is 0 Å². The molecular formula is C12H27N2O3P. The van der Waals surface area contributed by atoms with Gasteiger partial charge in [0.15, 0.2) is 0 Å². The monoisotopic (exact) mass is 278 g/mol. The molecule has 1 aliphatic heterocycles. The molecule has 0 radical (unpaired) electrons. The van der Waals surface area contributed by atoms with Crippen LogP contribution in [0.1, 0.15) is 26.7 Å². The average molecular weight is 278 g/mol. The van der Waals surface area contributed by atoms with Gasteiger partial charge in [-0.3, -0.25) is 4.57 Å². The van der Waals surface area contributed by atoms with Gasteiger partial charge in [-0.2, -0.15) is 0 Å². The maximum absolute atomic E-state index is 12.3. The van der Waals surface area contributed by atoms with Crippen LogP contribution in [0.2, 0.25) is 0 Å². The smallest absolute Gasteiger partial charge is 0.317 e. The Morgan fingerprint density at radius 2 is 1.78 bits per heavy atom. The van der Waals surface area contributed by atoms with Gasteiger partial charge in [0.25, 0.3) is 0 Å². The minimum Gasteiger partial charge on any atom is -0.317 e.